The molecule has 3 aliphatic rings. The largest absolute Gasteiger partial charge is 0.474 e. The second-order valence-electron chi connectivity index (χ2n) is 11.4. The number of aromatic nitrogens is 4. The summed E-state index contributed by atoms with van der Waals surface area (Å²) in [5.41, 5.74) is 1.31. The fourth-order valence-corrected chi connectivity index (χ4v) is 5.33. The van der Waals surface area contributed by atoms with Crippen molar-refractivity contribution in [2.45, 2.75) is 83.5 Å². The fraction of sp³-hybridized carbons (Fsp3) is 0.556. The number of hydrogen-bond donors (Lipinski definition) is 1. The SMILES string of the molecule is CC(C)Oc1nc2nc([C@@]3(C)CCC(C)OC3)cn2cc1C(=O)Nc1cccn([C@@H]2CC23CC3)c1=O. The Morgan fingerprint density at radius 2 is 2.06 bits per heavy atom. The zero-order chi connectivity index (χ0) is 25.2. The van der Waals surface area contributed by atoms with E-state index in [1.807, 2.05) is 32.3 Å². The van der Waals surface area contributed by atoms with E-state index in [4.69, 9.17) is 14.5 Å². The molecule has 1 aliphatic heterocycles. The van der Waals surface area contributed by atoms with Gasteiger partial charge in [0.05, 0.1) is 24.5 Å². The molecule has 36 heavy (non-hydrogen) atoms. The van der Waals surface area contributed by atoms with Crippen LogP contribution >= 0.6 is 0 Å². The summed E-state index contributed by atoms with van der Waals surface area (Å²) in [5, 5.41) is 2.81. The molecule has 3 aromatic rings. The highest BCUT2D eigenvalue weighted by atomic mass is 16.5. The lowest BCUT2D eigenvalue weighted by Gasteiger charge is -2.34. The summed E-state index contributed by atoms with van der Waals surface area (Å²) < 4.78 is 15.4. The lowest BCUT2D eigenvalue weighted by molar-refractivity contribution is -0.0162. The quantitative estimate of drug-likeness (QED) is 0.557. The van der Waals surface area contributed by atoms with E-state index in [1.54, 1.807) is 21.2 Å². The summed E-state index contributed by atoms with van der Waals surface area (Å²) in [6.07, 6.45) is 10.8. The number of nitrogens with one attached hydrogen (secondary N) is 1. The average Bonchev–Trinajstić information content (AvgIpc) is 3.73. The molecular formula is C27H33N5O4. The Morgan fingerprint density at radius 1 is 1.25 bits per heavy atom. The lowest BCUT2D eigenvalue weighted by atomic mass is 9.81. The van der Waals surface area contributed by atoms with Crippen molar-refractivity contribution in [1.82, 2.24) is 18.9 Å². The number of imidazole rings is 1. The minimum atomic E-state index is -0.442. The van der Waals surface area contributed by atoms with Gasteiger partial charge in [0.1, 0.15) is 11.3 Å². The molecule has 9 heteroatoms. The maximum absolute atomic E-state index is 13.4. The Balaban J connectivity index is 1.32. The molecule has 1 N–H and O–H groups in total. The molecule has 1 unspecified atom stereocenters. The molecule has 1 spiro atoms. The average molecular weight is 492 g/mol. The third kappa shape index (κ3) is 3.99. The fourth-order valence-electron chi connectivity index (χ4n) is 5.33. The maximum atomic E-state index is 13.4. The van der Waals surface area contributed by atoms with Gasteiger partial charge in [-0.25, -0.2) is 4.98 Å². The van der Waals surface area contributed by atoms with Gasteiger partial charge >= 0.3 is 0 Å². The van der Waals surface area contributed by atoms with Crippen molar-refractivity contribution < 1.29 is 14.3 Å². The minimum Gasteiger partial charge on any atom is -0.474 e. The van der Waals surface area contributed by atoms with Gasteiger partial charge in [-0.2, -0.15) is 4.98 Å². The first kappa shape index (κ1) is 23.2. The predicted molar refractivity (Wildman–Crippen MR) is 135 cm³/mol. The molecule has 3 atom stereocenters. The van der Waals surface area contributed by atoms with Gasteiger partial charge in [0.2, 0.25) is 11.7 Å². The van der Waals surface area contributed by atoms with Crippen LogP contribution in [0.25, 0.3) is 5.78 Å². The lowest BCUT2D eigenvalue weighted by Crippen LogP contribution is -2.36. The molecule has 190 valence electrons. The number of hydrogen-bond acceptors (Lipinski definition) is 6. The second-order valence-corrected chi connectivity index (χ2v) is 11.4. The summed E-state index contributed by atoms with van der Waals surface area (Å²) in [4.78, 5) is 35.9. The van der Waals surface area contributed by atoms with Gasteiger partial charge < -0.3 is 19.4 Å². The molecule has 2 saturated carbocycles. The Morgan fingerprint density at radius 3 is 2.72 bits per heavy atom. The van der Waals surface area contributed by atoms with Crippen LogP contribution in [-0.4, -0.2) is 43.7 Å². The molecule has 0 bridgehead atoms. The summed E-state index contributed by atoms with van der Waals surface area (Å²) in [7, 11) is 0. The number of fused-ring (bicyclic) bond motifs is 1. The summed E-state index contributed by atoms with van der Waals surface area (Å²) in [6.45, 7) is 8.58. The van der Waals surface area contributed by atoms with Gasteiger partial charge in [-0.05, 0) is 70.4 Å². The molecule has 3 aromatic heterocycles. The maximum Gasteiger partial charge on any atom is 0.274 e. The van der Waals surface area contributed by atoms with Crippen LogP contribution in [0, 0.1) is 5.41 Å². The second kappa shape index (κ2) is 8.16. The smallest absolute Gasteiger partial charge is 0.274 e. The molecule has 0 aromatic carbocycles. The van der Waals surface area contributed by atoms with Gasteiger partial charge in [0, 0.05) is 30.0 Å². The van der Waals surface area contributed by atoms with Crippen molar-refractivity contribution in [2.24, 2.45) is 5.41 Å². The normalized spacial score (nSPS) is 26.4. The van der Waals surface area contributed by atoms with Crippen molar-refractivity contribution >= 4 is 17.4 Å². The first-order valence-electron chi connectivity index (χ1n) is 12.9. The third-order valence-corrected chi connectivity index (χ3v) is 8.01. The Hall–Kier alpha value is -3.20. The van der Waals surface area contributed by atoms with Gasteiger partial charge in [-0.1, -0.05) is 6.92 Å². The molecular weight excluding hydrogens is 458 g/mol. The van der Waals surface area contributed by atoms with E-state index < -0.39 is 5.91 Å². The first-order valence-corrected chi connectivity index (χ1v) is 12.9. The number of anilines is 1. The molecule has 9 nitrogen and oxygen atoms in total. The molecule has 3 fully saturated rings. The number of nitrogens with zero attached hydrogens (tertiary/aromatic N) is 4. The molecule has 1 amide bonds. The van der Waals surface area contributed by atoms with Crippen LogP contribution in [0.1, 0.15) is 81.9 Å². The topological polar surface area (TPSA) is 99.8 Å². The van der Waals surface area contributed by atoms with Gasteiger partial charge in [0.15, 0.2) is 0 Å². The molecule has 2 aliphatic carbocycles. The van der Waals surface area contributed by atoms with Crippen molar-refractivity contribution in [3.8, 4) is 5.88 Å². The number of amides is 1. The Kier molecular flexibility index (Phi) is 5.26. The number of carbonyl (C=O) groups is 1. The highest BCUT2D eigenvalue weighted by molar-refractivity contribution is 6.05. The standard InChI is InChI=1S/C27H33N5O4/c1-16(2)36-23-18(13-31-14-20(29-25(31)30-23)26(4)8-7-17(3)35-15-26)22(33)28-19-6-5-11-32(24(19)34)21-12-27(21)9-10-27/h5-6,11,13-14,16-17,21H,7-10,12,15H2,1-4H3,(H,28,33)/t17?,21-,26+/m1/s1. The number of ether oxygens (including phenoxy) is 2. The van der Waals surface area contributed by atoms with Crippen LogP contribution in [-0.2, 0) is 10.2 Å². The molecule has 1 saturated heterocycles. The van der Waals surface area contributed by atoms with Gasteiger partial charge in [-0.3, -0.25) is 14.0 Å². The molecule has 0 radical (unpaired) electrons. The van der Waals surface area contributed by atoms with Crippen LogP contribution in [0.3, 0.4) is 0 Å². The highest BCUT2D eigenvalue weighted by Crippen LogP contribution is 2.72. The zero-order valence-electron chi connectivity index (χ0n) is 21.3. The van der Waals surface area contributed by atoms with Crippen molar-refractivity contribution in [1.29, 1.82) is 0 Å². The van der Waals surface area contributed by atoms with Crippen molar-refractivity contribution in [3.63, 3.8) is 0 Å². The van der Waals surface area contributed by atoms with E-state index >= 15 is 0 Å². The van der Waals surface area contributed by atoms with E-state index in [9.17, 15) is 9.59 Å². The van der Waals surface area contributed by atoms with Crippen LogP contribution < -0.4 is 15.6 Å². The van der Waals surface area contributed by atoms with Gasteiger partial charge in [0.25, 0.3) is 11.5 Å². The van der Waals surface area contributed by atoms with E-state index in [2.05, 4.69) is 24.1 Å². The first-order chi connectivity index (χ1) is 17.2. The monoisotopic (exact) mass is 491 g/mol. The van der Waals surface area contributed by atoms with Crippen LogP contribution in [0.2, 0.25) is 0 Å². The molecule has 6 rings (SSSR count). The summed E-state index contributed by atoms with van der Waals surface area (Å²) >= 11 is 0. The Labute approximate surface area is 209 Å². The third-order valence-electron chi connectivity index (χ3n) is 8.01. The zero-order valence-corrected chi connectivity index (χ0v) is 21.3. The van der Waals surface area contributed by atoms with Crippen molar-refractivity contribution in [3.05, 3.63) is 52.3 Å². The van der Waals surface area contributed by atoms with Crippen LogP contribution in [0.5, 0.6) is 5.88 Å². The summed E-state index contributed by atoms with van der Waals surface area (Å²) in [6, 6.07) is 3.71. The number of rotatable bonds is 6. The van der Waals surface area contributed by atoms with Crippen LogP contribution in [0.15, 0.2) is 35.5 Å². The predicted octanol–water partition coefficient (Wildman–Crippen LogP) is 4.11. The Bertz CT molecular complexity index is 1390. The van der Waals surface area contributed by atoms with E-state index in [0.717, 1.165) is 25.0 Å². The summed E-state index contributed by atoms with van der Waals surface area (Å²) in [5.74, 6) is 0.215. The van der Waals surface area contributed by atoms with Gasteiger partial charge in [-0.15, -0.1) is 0 Å². The van der Waals surface area contributed by atoms with E-state index in [0.29, 0.717) is 17.8 Å². The van der Waals surface area contributed by atoms with E-state index in [1.165, 1.54) is 12.8 Å². The number of carbonyl (C=O) groups excluding carboxylic acids is 1. The van der Waals surface area contributed by atoms with Crippen LogP contribution in [0.4, 0.5) is 5.69 Å². The minimum absolute atomic E-state index is 0.177. The molecule has 4 heterocycles. The number of pyridine rings is 1. The van der Waals surface area contributed by atoms with Crippen molar-refractivity contribution in [2.75, 3.05) is 11.9 Å². The van der Waals surface area contributed by atoms with E-state index in [-0.39, 0.29) is 46.4 Å². The highest BCUT2D eigenvalue weighted by Gasteiger charge is 2.64.